The first-order valence-corrected chi connectivity index (χ1v) is 6.62. The predicted molar refractivity (Wildman–Crippen MR) is 78.7 cm³/mol. The van der Waals surface area contributed by atoms with Gasteiger partial charge in [-0.05, 0) is 46.6 Å². The van der Waals surface area contributed by atoms with Crippen LogP contribution < -0.4 is 11.1 Å². The van der Waals surface area contributed by atoms with Crippen LogP contribution in [0.4, 0.5) is 5.69 Å². The van der Waals surface area contributed by atoms with Crippen molar-refractivity contribution in [2.24, 2.45) is 0 Å². The maximum absolute atomic E-state index is 12.1. The topological polar surface area (TPSA) is 68.0 Å². The predicted octanol–water partition coefficient (Wildman–Crippen LogP) is 2.92. The van der Waals surface area contributed by atoms with Gasteiger partial charge < -0.3 is 11.1 Å². The first-order chi connectivity index (χ1) is 9.06. The number of nitrogen functional groups attached to an aromatic ring is 1. The van der Waals surface area contributed by atoms with Crippen LogP contribution >= 0.6 is 15.9 Å². The van der Waals surface area contributed by atoms with E-state index in [1.165, 1.54) is 6.20 Å². The van der Waals surface area contributed by atoms with Crippen molar-refractivity contribution in [1.29, 1.82) is 0 Å². The molecule has 98 valence electrons. The summed E-state index contributed by atoms with van der Waals surface area (Å²) in [5.74, 6) is -0.155. The molecule has 2 aromatic rings. The zero-order valence-electron chi connectivity index (χ0n) is 10.4. The van der Waals surface area contributed by atoms with Gasteiger partial charge in [0.25, 0.3) is 5.91 Å². The molecule has 0 radical (unpaired) electrons. The van der Waals surface area contributed by atoms with Gasteiger partial charge in [0.05, 0.1) is 11.6 Å². The van der Waals surface area contributed by atoms with Crippen LogP contribution in [0.15, 0.2) is 47.2 Å². The summed E-state index contributed by atoms with van der Waals surface area (Å²) in [6, 6.07) is 9.08. The van der Waals surface area contributed by atoms with Gasteiger partial charge in [0, 0.05) is 22.6 Å². The Morgan fingerprint density at radius 2 is 2.00 bits per heavy atom. The van der Waals surface area contributed by atoms with Crippen molar-refractivity contribution >= 4 is 27.5 Å². The SMILES string of the molecule is CC(NC(=O)c1cncc(Br)c1)c1ccc(N)cc1. The van der Waals surface area contributed by atoms with Crippen molar-refractivity contribution in [2.75, 3.05) is 5.73 Å². The molecule has 1 aromatic heterocycles. The molecule has 1 unspecified atom stereocenters. The summed E-state index contributed by atoms with van der Waals surface area (Å²) in [5.41, 5.74) is 7.87. The maximum Gasteiger partial charge on any atom is 0.253 e. The average Bonchev–Trinajstić information content (AvgIpc) is 2.39. The van der Waals surface area contributed by atoms with Crippen molar-refractivity contribution in [3.8, 4) is 0 Å². The number of benzene rings is 1. The quantitative estimate of drug-likeness (QED) is 0.855. The number of nitrogens with zero attached hydrogens (tertiary/aromatic N) is 1. The number of nitrogens with one attached hydrogen (secondary N) is 1. The summed E-state index contributed by atoms with van der Waals surface area (Å²) in [6.45, 7) is 1.93. The molecule has 19 heavy (non-hydrogen) atoms. The number of halogens is 1. The van der Waals surface area contributed by atoms with Gasteiger partial charge >= 0.3 is 0 Å². The number of carbonyl (C=O) groups is 1. The molecule has 1 amide bonds. The van der Waals surface area contributed by atoms with Crippen LogP contribution in [-0.4, -0.2) is 10.9 Å². The molecule has 5 heteroatoms. The smallest absolute Gasteiger partial charge is 0.253 e. The van der Waals surface area contributed by atoms with Crippen molar-refractivity contribution in [1.82, 2.24) is 10.3 Å². The Morgan fingerprint density at radius 3 is 2.63 bits per heavy atom. The fourth-order valence-corrected chi connectivity index (χ4v) is 2.05. The van der Waals surface area contributed by atoms with Crippen LogP contribution in [-0.2, 0) is 0 Å². The number of anilines is 1. The molecular formula is C14H14BrN3O. The van der Waals surface area contributed by atoms with Crippen LogP contribution in [0.1, 0.15) is 28.9 Å². The number of carbonyl (C=O) groups excluding carboxylic acids is 1. The molecule has 2 rings (SSSR count). The second-order valence-electron chi connectivity index (χ2n) is 4.25. The fourth-order valence-electron chi connectivity index (χ4n) is 1.68. The lowest BCUT2D eigenvalue weighted by Gasteiger charge is -2.14. The molecule has 1 atom stereocenters. The summed E-state index contributed by atoms with van der Waals surface area (Å²) in [4.78, 5) is 16.0. The molecular weight excluding hydrogens is 306 g/mol. The van der Waals surface area contributed by atoms with Gasteiger partial charge in [-0.1, -0.05) is 12.1 Å². The van der Waals surface area contributed by atoms with Gasteiger partial charge in [-0.25, -0.2) is 0 Å². The van der Waals surface area contributed by atoms with E-state index in [9.17, 15) is 4.79 Å². The molecule has 0 aliphatic carbocycles. The Kier molecular flexibility index (Phi) is 4.16. The van der Waals surface area contributed by atoms with E-state index < -0.39 is 0 Å². The number of aromatic nitrogens is 1. The van der Waals surface area contributed by atoms with E-state index in [1.54, 1.807) is 12.3 Å². The summed E-state index contributed by atoms with van der Waals surface area (Å²) < 4.78 is 0.778. The second-order valence-corrected chi connectivity index (χ2v) is 5.17. The lowest BCUT2D eigenvalue weighted by molar-refractivity contribution is 0.0939. The lowest BCUT2D eigenvalue weighted by Crippen LogP contribution is -2.26. The highest BCUT2D eigenvalue weighted by Crippen LogP contribution is 2.15. The Labute approximate surface area is 120 Å². The van der Waals surface area contributed by atoms with E-state index in [0.717, 1.165) is 10.0 Å². The number of hydrogen-bond donors (Lipinski definition) is 2. The molecule has 0 fully saturated rings. The van der Waals surface area contributed by atoms with Crippen molar-refractivity contribution in [2.45, 2.75) is 13.0 Å². The van der Waals surface area contributed by atoms with E-state index in [1.807, 2.05) is 31.2 Å². The fraction of sp³-hybridized carbons (Fsp3) is 0.143. The maximum atomic E-state index is 12.1. The number of hydrogen-bond acceptors (Lipinski definition) is 3. The Balaban J connectivity index is 2.08. The van der Waals surface area contributed by atoms with Crippen LogP contribution in [0, 0.1) is 0 Å². The molecule has 0 saturated heterocycles. The van der Waals surface area contributed by atoms with Crippen LogP contribution in [0.25, 0.3) is 0 Å². The van der Waals surface area contributed by atoms with E-state index >= 15 is 0 Å². The van der Waals surface area contributed by atoms with Crippen molar-refractivity contribution in [3.63, 3.8) is 0 Å². The largest absolute Gasteiger partial charge is 0.399 e. The highest BCUT2D eigenvalue weighted by atomic mass is 79.9. The van der Waals surface area contributed by atoms with Crippen LogP contribution in [0.2, 0.25) is 0 Å². The summed E-state index contributed by atoms with van der Waals surface area (Å²) in [7, 11) is 0. The second kappa shape index (κ2) is 5.84. The normalized spacial score (nSPS) is 11.9. The summed E-state index contributed by atoms with van der Waals surface area (Å²) >= 11 is 3.29. The molecule has 1 aromatic carbocycles. The van der Waals surface area contributed by atoms with Crippen LogP contribution in [0.3, 0.4) is 0 Å². The monoisotopic (exact) mass is 319 g/mol. The molecule has 0 spiro atoms. The highest BCUT2D eigenvalue weighted by Gasteiger charge is 2.11. The van der Waals surface area contributed by atoms with Gasteiger partial charge in [0.1, 0.15) is 0 Å². The average molecular weight is 320 g/mol. The van der Waals surface area contributed by atoms with Gasteiger partial charge in [0.15, 0.2) is 0 Å². The van der Waals surface area contributed by atoms with E-state index in [4.69, 9.17) is 5.73 Å². The Hall–Kier alpha value is -1.88. The van der Waals surface area contributed by atoms with Gasteiger partial charge in [0.2, 0.25) is 0 Å². The van der Waals surface area contributed by atoms with Gasteiger partial charge in [-0.2, -0.15) is 0 Å². The van der Waals surface area contributed by atoms with E-state index in [2.05, 4.69) is 26.2 Å². The first-order valence-electron chi connectivity index (χ1n) is 5.83. The van der Waals surface area contributed by atoms with Crippen molar-refractivity contribution < 1.29 is 4.79 Å². The van der Waals surface area contributed by atoms with Crippen LogP contribution in [0.5, 0.6) is 0 Å². The first kappa shape index (κ1) is 13.5. The molecule has 0 saturated carbocycles. The molecule has 0 bridgehead atoms. The zero-order chi connectivity index (χ0) is 13.8. The summed E-state index contributed by atoms with van der Waals surface area (Å²) in [6.07, 6.45) is 3.18. The highest BCUT2D eigenvalue weighted by molar-refractivity contribution is 9.10. The number of nitrogens with two attached hydrogens (primary N) is 1. The number of rotatable bonds is 3. The minimum atomic E-state index is -0.155. The third-order valence-electron chi connectivity index (χ3n) is 2.75. The molecule has 1 heterocycles. The number of amides is 1. The lowest BCUT2D eigenvalue weighted by atomic mass is 10.1. The molecule has 4 nitrogen and oxygen atoms in total. The van der Waals surface area contributed by atoms with Gasteiger partial charge in [-0.3, -0.25) is 9.78 Å². The molecule has 0 aliphatic rings. The molecule has 3 N–H and O–H groups in total. The number of pyridine rings is 1. The minimum Gasteiger partial charge on any atom is -0.399 e. The van der Waals surface area contributed by atoms with E-state index in [0.29, 0.717) is 11.3 Å². The standard InChI is InChI=1S/C14H14BrN3O/c1-9(10-2-4-13(16)5-3-10)18-14(19)11-6-12(15)8-17-7-11/h2-9H,16H2,1H3,(H,18,19). The summed E-state index contributed by atoms with van der Waals surface area (Å²) in [5, 5.41) is 2.92. The third-order valence-corrected chi connectivity index (χ3v) is 3.18. The molecule has 0 aliphatic heterocycles. The Bertz CT molecular complexity index is 583. The Morgan fingerprint density at radius 1 is 1.32 bits per heavy atom. The van der Waals surface area contributed by atoms with Gasteiger partial charge in [-0.15, -0.1) is 0 Å². The third kappa shape index (κ3) is 3.54. The van der Waals surface area contributed by atoms with Crippen molar-refractivity contribution in [3.05, 3.63) is 58.3 Å². The van der Waals surface area contributed by atoms with E-state index in [-0.39, 0.29) is 11.9 Å². The minimum absolute atomic E-state index is 0.0907. The zero-order valence-corrected chi connectivity index (χ0v) is 12.0.